The highest BCUT2D eigenvalue weighted by molar-refractivity contribution is 5.36. The molecule has 0 radical (unpaired) electrons. The van der Waals surface area contributed by atoms with Crippen LogP contribution >= 0.6 is 0 Å². The molecule has 94 valence electrons. The third-order valence-electron chi connectivity index (χ3n) is 3.19. The van der Waals surface area contributed by atoms with Crippen molar-refractivity contribution < 1.29 is 0 Å². The average molecular weight is 235 g/mol. The van der Waals surface area contributed by atoms with Crippen LogP contribution in [-0.2, 0) is 5.41 Å². The van der Waals surface area contributed by atoms with E-state index in [1.54, 1.807) is 0 Å². The van der Waals surface area contributed by atoms with Crippen LogP contribution in [0, 0.1) is 0 Å². The largest absolute Gasteiger partial charge is 0.368 e. The lowest BCUT2D eigenvalue weighted by molar-refractivity contribution is 0.304. The first-order valence-corrected chi connectivity index (χ1v) is 6.09. The number of nitrogens with one attached hydrogen (secondary N) is 1. The first-order valence-electron chi connectivity index (χ1n) is 6.09. The molecular weight excluding hydrogens is 214 g/mol. The molecular formula is C12H21N5. The fourth-order valence-corrected chi connectivity index (χ4v) is 1.89. The summed E-state index contributed by atoms with van der Waals surface area (Å²) in [6.45, 7) is 8.39. The summed E-state index contributed by atoms with van der Waals surface area (Å²) in [6, 6.07) is 0. The fourth-order valence-electron chi connectivity index (χ4n) is 1.89. The molecule has 1 fully saturated rings. The van der Waals surface area contributed by atoms with Gasteiger partial charge >= 0.3 is 0 Å². The van der Waals surface area contributed by atoms with Gasteiger partial charge in [0.05, 0.1) is 0 Å². The lowest BCUT2D eigenvalue weighted by atomic mass is 9.79. The Kier molecular flexibility index (Phi) is 2.72. The summed E-state index contributed by atoms with van der Waals surface area (Å²) >= 11 is 0. The fraction of sp³-hybridized carbons (Fsp3) is 0.750. The van der Waals surface area contributed by atoms with Crippen molar-refractivity contribution >= 4 is 11.9 Å². The van der Waals surface area contributed by atoms with E-state index in [9.17, 15) is 0 Å². The molecule has 1 aliphatic carbocycles. The van der Waals surface area contributed by atoms with Crippen molar-refractivity contribution in [1.29, 1.82) is 0 Å². The second kappa shape index (κ2) is 3.82. The number of nitrogen functional groups attached to an aromatic ring is 1. The molecule has 1 aromatic heterocycles. The van der Waals surface area contributed by atoms with Crippen LogP contribution in [-0.4, -0.2) is 20.5 Å². The molecule has 0 aliphatic heterocycles. The Morgan fingerprint density at radius 1 is 1.18 bits per heavy atom. The van der Waals surface area contributed by atoms with E-state index < -0.39 is 0 Å². The first-order chi connectivity index (χ1) is 7.78. The number of nitrogens with zero attached hydrogens (tertiary/aromatic N) is 3. The lowest BCUT2D eigenvalue weighted by Crippen LogP contribution is -2.42. The molecule has 17 heavy (non-hydrogen) atoms. The van der Waals surface area contributed by atoms with Crippen LogP contribution in [0.5, 0.6) is 0 Å². The third-order valence-corrected chi connectivity index (χ3v) is 3.19. The van der Waals surface area contributed by atoms with Crippen LogP contribution in [0.15, 0.2) is 0 Å². The zero-order valence-corrected chi connectivity index (χ0v) is 11.0. The van der Waals surface area contributed by atoms with Gasteiger partial charge in [0.1, 0.15) is 5.82 Å². The highest BCUT2D eigenvalue weighted by atomic mass is 15.2. The SMILES string of the molecule is CC1(Nc2nc(N)nc(C(C)(C)C)n2)CCC1. The zero-order chi connectivity index (χ0) is 12.7. The zero-order valence-electron chi connectivity index (χ0n) is 11.0. The summed E-state index contributed by atoms with van der Waals surface area (Å²) in [7, 11) is 0. The minimum absolute atomic E-state index is 0.117. The molecule has 0 atom stereocenters. The smallest absolute Gasteiger partial charge is 0.228 e. The van der Waals surface area contributed by atoms with Crippen molar-refractivity contribution in [2.24, 2.45) is 0 Å². The molecule has 2 rings (SSSR count). The molecule has 5 nitrogen and oxygen atoms in total. The molecule has 0 aromatic carbocycles. The van der Waals surface area contributed by atoms with Crippen LogP contribution in [0.4, 0.5) is 11.9 Å². The van der Waals surface area contributed by atoms with E-state index >= 15 is 0 Å². The van der Waals surface area contributed by atoms with E-state index in [1.165, 1.54) is 6.42 Å². The summed E-state index contributed by atoms with van der Waals surface area (Å²) in [5.74, 6) is 1.62. The predicted molar refractivity (Wildman–Crippen MR) is 68.8 cm³/mol. The first kappa shape index (κ1) is 12.1. The van der Waals surface area contributed by atoms with Gasteiger partial charge in [0, 0.05) is 11.0 Å². The minimum Gasteiger partial charge on any atom is -0.368 e. The number of hydrogen-bond acceptors (Lipinski definition) is 5. The maximum atomic E-state index is 5.73. The quantitative estimate of drug-likeness (QED) is 0.821. The minimum atomic E-state index is -0.117. The van der Waals surface area contributed by atoms with Gasteiger partial charge in [0.15, 0.2) is 0 Å². The van der Waals surface area contributed by atoms with Crippen molar-refractivity contribution in [3.05, 3.63) is 5.82 Å². The van der Waals surface area contributed by atoms with E-state index in [-0.39, 0.29) is 16.9 Å². The molecule has 0 bridgehead atoms. The number of anilines is 2. The molecule has 5 heteroatoms. The Morgan fingerprint density at radius 2 is 1.82 bits per heavy atom. The van der Waals surface area contributed by atoms with Gasteiger partial charge in [-0.25, -0.2) is 0 Å². The molecule has 0 spiro atoms. The maximum Gasteiger partial charge on any atom is 0.228 e. The van der Waals surface area contributed by atoms with E-state index in [0.29, 0.717) is 5.95 Å². The van der Waals surface area contributed by atoms with Gasteiger partial charge in [-0.15, -0.1) is 0 Å². The van der Waals surface area contributed by atoms with Crippen LogP contribution in [0.25, 0.3) is 0 Å². The van der Waals surface area contributed by atoms with E-state index in [2.05, 4.69) is 48.0 Å². The van der Waals surface area contributed by atoms with Gasteiger partial charge in [0.25, 0.3) is 0 Å². The van der Waals surface area contributed by atoms with Crippen molar-refractivity contribution in [3.8, 4) is 0 Å². The summed E-state index contributed by atoms with van der Waals surface area (Å²) in [4.78, 5) is 12.8. The Hall–Kier alpha value is -1.39. The Labute approximate surface area is 102 Å². The Bertz CT molecular complexity index is 417. The third kappa shape index (κ3) is 2.65. The van der Waals surface area contributed by atoms with Crippen molar-refractivity contribution in [2.45, 2.75) is 57.9 Å². The predicted octanol–water partition coefficient (Wildman–Crippen LogP) is 2.11. The highest BCUT2D eigenvalue weighted by Crippen LogP contribution is 2.34. The van der Waals surface area contributed by atoms with Gasteiger partial charge in [-0.2, -0.15) is 15.0 Å². The number of aromatic nitrogens is 3. The average Bonchev–Trinajstić information content (AvgIpc) is 2.13. The van der Waals surface area contributed by atoms with E-state index in [1.807, 2.05) is 0 Å². The topological polar surface area (TPSA) is 76.7 Å². The van der Waals surface area contributed by atoms with Crippen molar-refractivity contribution in [2.75, 3.05) is 11.1 Å². The van der Waals surface area contributed by atoms with Gasteiger partial charge in [-0.3, -0.25) is 0 Å². The molecule has 1 aromatic rings. The van der Waals surface area contributed by atoms with Crippen molar-refractivity contribution in [1.82, 2.24) is 15.0 Å². The monoisotopic (exact) mass is 235 g/mol. The second-order valence-electron chi connectivity index (χ2n) is 6.13. The van der Waals surface area contributed by atoms with Crippen LogP contribution in [0.1, 0.15) is 52.8 Å². The van der Waals surface area contributed by atoms with Crippen molar-refractivity contribution in [3.63, 3.8) is 0 Å². The maximum absolute atomic E-state index is 5.73. The molecule has 3 N–H and O–H groups in total. The summed E-state index contributed by atoms with van der Waals surface area (Å²) in [6.07, 6.45) is 3.57. The second-order valence-corrected chi connectivity index (χ2v) is 6.13. The van der Waals surface area contributed by atoms with E-state index in [0.717, 1.165) is 18.7 Å². The standard InChI is InChI=1S/C12H21N5/c1-11(2,3)8-14-9(13)16-10(15-8)17-12(4)6-5-7-12/h5-7H2,1-4H3,(H3,13,14,15,16,17). The Morgan fingerprint density at radius 3 is 2.29 bits per heavy atom. The molecule has 1 heterocycles. The Balaban J connectivity index is 2.25. The van der Waals surface area contributed by atoms with Crippen LogP contribution in [0.3, 0.4) is 0 Å². The summed E-state index contributed by atoms with van der Waals surface area (Å²) in [5.41, 5.74) is 5.74. The molecule has 0 saturated heterocycles. The molecule has 1 saturated carbocycles. The number of rotatable bonds is 2. The number of hydrogen-bond donors (Lipinski definition) is 2. The van der Waals surface area contributed by atoms with Gasteiger partial charge < -0.3 is 11.1 Å². The number of nitrogens with two attached hydrogens (primary N) is 1. The van der Waals surface area contributed by atoms with Gasteiger partial charge in [0.2, 0.25) is 11.9 Å². The highest BCUT2D eigenvalue weighted by Gasteiger charge is 2.32. The molecule has 1 aliphatic rings. The molecule has 0 unspecified atom stereocenters. The van der Waals surface area contributed by atoms with Crippen LogP contribution in [0.2, 0.25) is 0 Å². The van der Waals surface area contributed by atoms with Gasteiger partial charge in [-0.1, -0.05) is 20.8 Å². The lowest BCUT2D eigenvalue weighted by Gasteiger charge is -2.39. The van der Waals surface area contributed by atoms with E-state index in [4.69, 9.17) is 5.73 Å². The summed E-state index contributed by atoms with van der Waals surface area (Å²) < 4.78 is 0. The summed E-state index contributed by atoms with van der Waals surface area (Å²) in [5, 5.41) is 3.37. The molecule has 0 amide bonds. The normalized spacial score (nSPS) is 18.6. The van der Waals surface area contributed by atoms with Gasteiger partial charge in [-0.05, 0) is 26.2 Å². The van der Waals surface area contributed by atoms with Crippen LogP contribution < -0.4 is 11.1 Å².